The summed E-state index contributed by atoms with van der Waals surface area (Å²) in [4.78, 5) is 22.5. The minimum absolute atomic E-state index is 0.0416. The van der Waals surface area contributed by atoms with E-state index in [9.17, 15) is 9.59 Å². The van der Waals surface area contributed by atoms with Gasteiger partial charge < -0.3 is 15.2 Å². The molecule has 2 N–H and O–H groups in total. The molecule has 1 aromatic carbocycles. The maximum Gasteiger partial charge on any atom is 0.335 e. The van der Waals surface area contributed by atoms with Crippen LogP contribution in [0.2, 0.25) is 0 Å². The second-order valence-corrected chi connectivity index (χ2v) is 5.56. The minimum Gasteiger partial charge on any atom is -0.478 e. The maximum atomic E-state index is 11.5. The number of ether oxygens (including phenoxy) is 1. The predicted molar refractivity (Wildman–Crippen MR) is 78.9 cm³/mol. The van der Waals surface area contributed by atoms with Crippen LogP contribution in [0.25, 0.3) is 0 Å². The highest BCUT2D eigenvalue weighted by Gasteiger charge is 2.15. The minimum atomic E-state index is -1.04. The Balaban J connectivity index is 2.64. The van der Waals surface area contributed by atoms with E-state index in [0.717, 1.165) is 0 Å². The van der Waals surface area contributed by atoms with Crippen molar-refractivity contribution < 1.29 is 19.4 Å². The van der Waals surface area contributed by atoms with Crippen LogP contribution in [0.15, 0.2) is 18.2 Å². The highest BCUT2D eigenvalue weighted by atomic mass is 16.6. The third-order valence-electron chi connectivity index (χ3n) is 2.42. The zero-order valence-electron chi connectivity index (χ0n) is 12.4. The average Bonchev–Trinajstić information content (AvgIpc) is 2.36. The molecule has 0 saturated carbocycles. The molecule has 0 aliphatic heterocycles. The van der Waals surface area contributed by atoms with Gasteiger partial charge in [-0.25, -0.2) is 4.79 Å². The molecule has 0 spiro atoms. The molecule has 1 aromatic rings. The Kier molecular flexibility index (Phi) is 5.51. The van der Waals surface area contributed by atoms with E-state index < -0.39 is 11.6 Å². The molecular formula is C16H19NO4. The fraction of sp³-hybridized carbons (Fsp3) is 0.375. The van der Waals surface area contributed by atoms with E-state index in [-0.39, 0.29) is 18.1 Å². The average molecular weight is 289 g/mol. The first-order valence-corrected chi connectivity index (χ1v) is 6.48. The van der Waals surface area contributed by atoms with Crippen molar-refractivity contribution in [3.05, 3.63) is 34.9 Å². The first-order chi connectivity index (χ1) is 9.71. The molecule has 0 heterocycles. The van der Waals surface area contributed by atoms with Crippen LogP contribution in [0.4, 0.5) is 0 Å². The molecule has 5 nitrogen and oxygen atoms in total. The van der Waals surface area contributed by atoms with Gasteiger partial charge in [-0.3, -0.25) is 4.79 Å². The lowest BCUT2D eigenvalue weighted by atomic mass is 10.1. The number of rotatable bonds is 5. The van der Waals surface area contributed by atoms with Crippen LogP contribution in [-0.4, -0.2) is 29.2 Å². The molecule has 21 heavy (non-hydrogen) atoms. The third-order valence-corrected chi connectivity index (χ3v) is 2.42. The third kappa shape index (κ3) is 6.11. The fourth-order valence-electron chi connectivity index (χ4n) is 1.69. The fourth-order valence-corrected chi connectivity index (χ4v) is 1.69. The van der Waals surface area contributed by atoms with E-state index in [4.69, 9.17) is 16.3 Å². The first-order valence-electron chi connectivity index (χ1n) is 6.48. The Morgan fingerprint density at radius 2 is 2.00 bits per heavy atom. The summed E-state index contributed by atoms with van der Waals surface area (Å²) in [5.74, 6) is 1.00. The number of esters is 1. The Morgan fingerprint density at radius 3 is 2.52 bits per heavy atom. The molecule has 0 aliphatic rings. The predicted octanol–water partition coefficient (Wildman–Crippen LogP) is 1.80. The zero-order valence-corrected chi connectivity index (χ0v) is 12.4. The van der Waals surface area contributed by atoms with Crippen LogP contribution in [0.5, 0.6) is 0 Å². The van der Waals surface area contributed by atoms with Crippen molar-refractivity contribution in [2.75, 3.05) is 6.54 Å². The van der Waals surface area contributed by atoms with Gasteiger partial charge in [0.1, 0.15) is 5.60 Å². The Labute approximate surface area is 124 Å². The van der Waals surface area contributed by atoms with Crippen LogP contribution in [0.1, 0.15) is 42.3 Å². The molecular weight excluding hydrogens is 270 g/mol. The van der Waals surface area contributed by atoms with Gasteiger partial charge in [0, 0.05) is 12.1 Å². The van der Waals surface area contributed by atoms with Crippen molar-refractivity contribution in [3.8, 4) is 12.3 Å². The molecule has 112 valence electrons. The number of hydrogen-bond donors (Lipinski definition) is 2. The second kappa shape index (κ2) is 6.91. The lowest BCUT2D eigenvalue weighted by Gasteiger charge is -2.19. The highest BCUT2D eigenvalue weighted by molar-refractivity contribution is 5.88. The summed E-state index contributed by atoms with van der Waals surface area (Å²) in [6.07, 6.45) is 5.30. The first kappa shape index (κ1) is 16.7. The smallest absolute Gasteiger partial charge is 0.335 e. The van der Waals surface area contributed by atoms with Crippen LogP contribution in [-0.2, 0) is 16.1 Å². The number of hydrogen-bond acceptors (Lipinski definition) is 4. The van der Waals surface area contributed by atoms with Gasteiger partial charge in [-0.1, -0.05) is 5.92 Å². The number of nitrogens with one attached hydrogen (secondary N) is 1. The lowest BCUT2D eigenvalue weighted by Crippen LogP contribution is -2.31. The molecule has 0 aliphatic carbocycles. The summed E-state index contributed by atoms with van der Waals surface area (Å²) in [6.45, 7) is 5.75. The Bertz CT molecular complexity index is 579. The number of carbonyl (C=O) groups is 2. The molecule has 0 aromatic heterocycles. The van der Waals surface area contributed by atoms with Gasteiger partial charge in [0.25, 0.3) is 0 Å². The molecule has 0 saturated heterocycles. The number of terminal acetylenes is 1. The number of carboxylic acid groups (broad SMARTS) is 1. The normalized spacial score (nSPS) is 10.8. The Hall–Kier alpha value is -2.32. The SMILES string of the molecule is C#Cc1cc(CNCC(=O)OC(C)(C)C)cc(C(=O)O)c1. The summed E-state index contributed by atoms with van der Waals surface area (Å²) >= 11 is 0. The second-order valence-electron chi connectivity index (χ2n) is 5.56. The molecule has 0 radical (unpaired) electrons. The van der Waals surface area contributed by atoms with Gasteiger partial charge in [0.05, 0.1) is 12.1 Å². The highest BCUT2D eigenvalue weighted by Crippen LogP contribution is 2.10. The van der Waals surface area contributed by atoms with Gasteiger partial charge >= 0.3 is 11.9 Å². The van der Waals surface area contributed by atoms with E-state index >= 15 is 0 Å². The van der Waals surface area contributed by atoms with Gasteiger partial charge in [0.2, 0.25) is 0 Å². The van der Waals surface area contributed by atoms with E-state index in [2.05, 4.69) is 11.2 Å². The number of aromatic carboxylic acids is 1. The Morgan fingerprint density at radius 1 is 1.33 bits per heavy atom. The van der Waals surface area contributed by atoms with E-state index in [1.807, 2.05) is 0 Å². The van der Waals surface area contributed by atoms with Gasteiger partial charge in [-0.15, -0.1) is 6.42 Å². The summed E-state index contributed by atoms with van der Waals surface area (Å²) in [5.41, 5.74) is 0.786. The number of carboxylic acids is 1. The van der Waals surface area contributed by atoms with Crippen molar-refractivity contribution >= 4 is 11.9 Å². The molecule has 1 rings (SSSR count). The van der Waals surface area contributed by atoms with Crippen LogP contribution in [0, 0.1) is 12.3 Å². The van der Waals surface area contributed by atoms with Gasteiger partial charge in [-0.2, -0.15) is 0 Å². The molecule has 0 fully saturated rings. The van der Waals surface area contributed by atoms with Crippen LogP contribution >= 0.6 is 0 Å². The van der Waals surface area contributed by atoms with Gasteiger partial charge in [-0.05, 0) is 44.5 Å². The van der Waals surface area contributed by atoms with Crippen molar-refractivity contribution in [1.29, 1.82) is 0 Å². The molecule has 0 atom stereocenters. The summed E-state index contributed by atoms with van der Waals surface area (Å²) in [7, 11) is 0. The summed E-state index contributed by atoms with van der Waals surface area (Å²) in [6, 6.07) is 4.65. The van der Waals surface area contributed by atoms with Crippen molar-refractivity contribution in [1.82, 2.24) is 5.32 Å². The monoisotopic (exact) mass is 289 g/mol. The van der Waals surface area contributed by atoms with E-state index in [0.29, 0.717) is 17.7 Å². The van der Waals surface area contributed by atoms with Crippen molar-refractivity contribution in [2.24, 2.45) is 0 Å². The molecule has 0 bridgehead atoms. The van der Waals surface area contributed by atoms with E-state index in [1.54, 1.807) is 26.8 Å². The number of benzene rings is 1. The van der Waals surface area contributed by atoms with E-state index in [1.165, 1.54) is 12.1 Å². The zero-order chi connectivity index (χ0) is 16.0. The van der Waals surface area contributed by atoms with Gasteiger partial charge in [0.15, 0.2) is 0 Å². The topological polar surface area (TPSA) is 75.6 Å². The molecule has 5 heteroatoms. The summed E-state index contributed by atoms with van der Waals surface area (Å²) < 4.78 is 5.15. The molecule has 0 amide bonds. The summed E-state index contributed by atoms with van der Waals surface area (Å²) in [5, 5.41) is 11.9. The quantitative estimate of drug-likeness (QED) is 0.638. The standard InChI is InChI=1S/C16H19NO4/c1-5-11-6-12(8-13(7-11)15(19)20)9-17-10-14(18)21-16(2,3)4/h1,6-8,17H,9-10H2,2-4H3,(H,19,20). The molecule has 0 unspecified atom stereocenters. The largest absolute Gasteiger partial charge is 0.478 e. The van der Waals surface area contributed by atoms with Crippen molar-refractivity contribution in [3.63, 3.8) is 0 Å². The lowest BCUT2D eigenvalue weighted by molar-refractivity contribution is -0.153. The van der Waals surface area contributed by atoms with Crippen LogP contribution < -0.4 is 5.32 Å². The van der Waals surface area contributed by atoms with Crippen LogP contribution in [0.3, 0.4) is 0 Å². The van der Waals surface area contributed by atoms with Crippen molar-refractivity contribution in [2.45, 2.75) is 32.9 Å². The number of carbonyl (C=O) groups excluding carboxylic acids is 1. The maximum absolute atomic E-state index is 11.5.